The molecule has 0 saturated carbocycles. The van der Waals surface area contributed by atoms with Crippen LogP contribution in [0, 0.1) is 0 Å². The van der Waals surface area contributed by atoms with Gasteiger partial charge < -0.3 is 9.94 Å². The Kier molecular flexibility index (Phi) is 5.36. The van der Waals surface area contributed by atoms with Crippen molar-refractivity contribution in [2.45, 2.75) is 4.90 Å². The summed E-state index contributed by atoms with van der Waals surface area (Å²) >= 11 is 1.66. The van der Waals surface area contributed by atoms with Gasteiger partial charge in [-0.2, -0.15) is 0 Å². The highest BCUT2D eigenvalue weighted by atomic mass is 32.2. The van der Waals surface area contributed by atoms with E-state index in [1.807, 2.05) is 73.0 Å². The number of benzene rings is 3. The molecule has 0 heterocycles. The molecular formula is C20H17NO3S. The van der Waals surface area contributed by atoms with Crippen LogP contribution in [0.25, 0.3) is 10.8 Å². The van der Waals surface area contributed by atoms with Gasteiger partial charge in [-0.15, -0.1) is 11.8 Å². The van der Waals surface area contributed by atoms with E-state index in [1.165, 1.54) is 0 Å². The van der Waals surface area contributed by atoms with E-state index in [2.05, 4.69) is 5.16 Å². The first kappa shape index (κ1) is 17.0. The molecule has 0 fully saturated rings. The summed E-state index contributed by atoms with van der Waals surface area (Å²) < 4.78 is 0. The summed E-state index contributed by atoms with van der Waals surface area (Å²) in [4.78, 5) is 17.0. The number of rotatable bonds is 6. The molecule has 3 aromatic carbocycles. The Morgan fingerprint density at radius 3 is 2.48 bits per heavy atom. The molecule has 0 atom stereocenters. The van der Waals surface area contributed by atoms with Crippen molar-refractivity contribution in [3.8, 4) is 0 Å². The maximum Gasteiger partial charge on any atom is 0.344 e. The van der Waals surface area contributed by atoms with Gasteiger partial charge in [-0.3, -0.25) is 0 Å². The quantitative estimate of drug-likeness (QED) is 0.406. The zero-order valence-corrected chi connectivity index (χ0v) is 14.5. The molecule has 0 amide bonds. The lowest BCUT2D eigenvalue weighted by molar-refractivity contribution is -0.142. The van der Waals surface area contributed by atoms with Crippen LogP contribution in [0.3, 0.4) is 0 Å². The zero-order valence-electron chi connectivity index (χ0n) is 13.7. The highest BCUT2D eigenvalue weighted by Gasteiger charge is 2.12. The second kappa shape index (κ2) is 7.85. The van der Waals surface area contributed by atoms with Gasteiger partial charge in [0.2, 0.25) is 6.61 Å². The molecule has 0 aliphatic heterocycles. The first-order chi connectivity index (χ1) is 12.2. The number of nitrogens with zero attached hydrogens (tertiary/aromatic N) is 1. The SMILES string of the molecule is CSc1ccc(C(=NOCC(=O)O)c2cccc3ccccc23)cc1. The van der Waals surface area contributed by atoms with E-state index in [0.717, 1.165) is 26.8 Å². The second-order valence-electron chi connectivity index (χ2n) is 5.36. The van der Waals surface area contributed by atoms with E-state index in [9.17, 15) is 4.79 Å². The van der Waals surface area contributed by atoms with Crippen LogP contribution >= 0.6 is 11.8 Å². The predicted octanol–water partition coefficient (Wildman–Crippen LogP) is 4.42. The van der Waals surface area contributed by atoms with E-state index in [1.54, 1.807) is 11.8 Å². The number of carboxylic acid groups (broad SMARTS) is 1. The lowest BCUT2D eigenvalue weighted by Crippen LogP contribution is -2.09. The lowest BCUT2D eigenvalue weighted by atomic mass is 9.97. The summed E-state index contributed by atoms with van der Waals surface area (Å²) in [7, 11) is 0. The van der Waals surface area contributed by atoms with Crippen LogP contribution in [0.1, 0.15) is 11.1 Å². The van der Waals surface area contributed by atoms with Crippen LogP contribution < -0.4 is 0 Å². The minimum atomic E-state index is -1.06. The van der Waals surface area contributed by atoms with Crippen molar-refractivity contribution >= 4 is 34.2 Å². The second-order valence-corrected chi connectivity index (χ2v) is 6.24. The number of hydrogen-bond donors (Lipinski definition) is 1. The minimum Gasteiger partial charge on any atom is -0.479 e. The van der Waals surface area contributed by atoms with Crippen molar-refractivity contribution in [1.82, 2.24) is 0 Å². The standard InChI is InChI=1S/C20H17NO3S/c1-25-16-11-9-15(10-12-16)20(21-24-13-19(22)23)18-8-4-6-14-5-2-3-7-17(14)18/h2-12H,13H2,1H3,(H,22,23). The van der Waals surface area contributed by atoms with E-state index < -0.39 is 12.6 Å². The van der Waals surface area contributed by atoms with Crippen molar-refractivity contribution in [2.75, 3.05) is 12.9 Å². The third kappa shape index (κ3) is 4.00. The van der Waals surface area contributed by atoms with Gasteiger partial charge in [-0.05, 0) is 29.2 Å². The van der Waals surface area contributed by atoms with E-state index in [-0.39, 0.29) is 0 Å². The van der Waals surface area contributed by atoms with Crippen molar-refractivity contribution in [2.24, 2.45) is 5.16 Å². The molecule has 3 aromatic rings. The molecule has 0 bridgehead atoms. The molecule has 0 aliphatic carbocycles. The van der Waals surface area contributed by atoms with Crippen LogP contribution in [0.15, 0.2) is 76.8 Å². The van der Waals surface area contributed by atoms with Gasteiger partial charge in [0, 0.05) is 16.0 Å². The molecule has 25 heavy (non-hydrogen) atoms. The van der Waals surface area contributed by atoms with Gasteiger partial charge in [0.05, 0.1) is 0 Å². The summed E-state index contributed by atoms with van der Waals surface area (Å²) in [5.74, 6) is -1.06. The Hall–Kier alpha value is -2.79. The normalized spacial score (nSPS) is 11.5. The molecule has 0 radical (unpaired) electrons. The number of carboxylic acids is 1. The Morgan fingerprint density at radius 2 is 1.76 bits per heavy atom. The van der Waals surface area contributed by atoms with E-state index in [0.29, 0.717) is 5.71 Å². The third-order valence-corrected chi connectivity index (χ3v) is 4.50. The molecule has 0 aromatic heterocycles. The number of hydrogen-bond acceptors (Lipinski definition) is 4. The molecule has 0 spiro atoms. The summed E-state index contributed by atoms with van der Waals surface area (Å²) in [5, 5.41) is 15.1. The maximum atomic E-state index is 10.8. The maximum absolute atomic E-state index is 10.8. The van der Waals surface area contributed by atoms with Crippen molar-refractivity contribution in [3.63, 3.8) is 0 Å². The highest BCUT2D eigenvalue weighted by molar-refractivity contribution is 7.98. The number of oxime groups is 1. The van der Waals surface area contributed by atoms with Crippen LogP contribution in [0.2, 0.25) is 0 Å². The molecule has 3 rings (SSSR count). The molecule has 4 nitrogen and oxygen atoms in total. The van der Waals surface area contributed by atoms with E-state index in [4.69, 9.17) is 9.94 Å². The number of aliphatic carboxylic acids is 1. The number of carbonyl (C=O) groups is 1. The van der Waals surface area contributed by atoms with Gasteiger partial charge in [-0.1, -0.05) is 59.8 Å². The smallest absolute Gasteiger partial charge is 0.344 e. The average molecular weight is 351 g/mol. The van der Waals surface area contributed by atoms with Gasteiger partial charge in [0.15, 0.2) is 0 Å². The van der Waals surface area contributed by atoms with Gasteiger partial charge in [-0.25, -0.2) is 4.79 Å². The first-order valence-electron chi connectivity index (χ1n) is 7.73. The summed E-state index contributed by atoms with van der Waals surface area (Å²) in [5.41, 5.74) is 2.39. The Bertz CT molecular complexity index is 914. The molecule has 0 saturated heterocycles. The molecule has 0 aliphatic rings. The van der Waals surface area contributed by atoms with Gasteiger partial charge in [0.1, 0.15) is 5.71 Å². The largest absolute Gasteiger partial charge is 0.479 e. The first-order valence-corrected chi connectivity index (χ1v) is 8.96. The summed E-state index contributed by atoms with van der Waals surface area (Å²) in [6.07, 6.45) is 2.02. The van der Waals surface area contributed by atoms with Crippen molar-refractivity contribution in [3.05, 3.63) is 77.9 Å². The minimum absolute atomic E-state index is 0.475. The van der Waals surface area contributed by atoms with Crippen LogP contribution in [-0.2, 0) is 9.63 Å². The fraction of sp³-hybridized carbons (Fsp3) is 0.100. The monoisotopic (exact) mass is 351 g/mol. The lowest BCUT2D eigenvalue weighted by Gasteiger charge is -2.11. The predicted molar refractivity (Wildman–Crippen MR) is 101 cm³/mol. The Morgan fingerprint density at radius 1 is 1.04 bits per heavy atom. The fourth-order valence-electron chi connectivity index (χ4n) is 2.59. The molecule has 5 heteroatoms. The topological polar surface area (TPSA) is 58.9 Å². The molecular weight excluding hydrogens is 334 g/mol. The van der Waals surface area contributed by atoms with Crippen LogP contribution in [-0.4, -0.2) is 29.7 Å². The Balaban J connectivity index is 2.10. The van der Waals surface area contributed by atoms with Gasteiger partial charge >= 0.3 is 5.97 Å². The highest BCUT2D eigenvalue weighted by Crippen LogP contribution is 2.23. The van der Waals surface area contributed by atoms with E-state index >= 15 is 0 Å². The molecule has 1 N–H and O–H groups in total. The average Bonchev–Trinajstić information content (AvgIpc) is 2.65. The zero-order chi connectivity index (χ0) is 17.6. The summed E-state index contributed by atoms with van der Waals surface area (Å²) in [6, 6.07) is 21.9. The van der Waals surface area contributed by atoms with Gasteiger partial charge in [0.25, 0.3) is 0 Å². The molecule has 0 unspecified atom stereocenters. The van der Waals surface area contributed by atoms with Crippen LogP contribution in [0.4, 0.5) is 0 Å². The third-order valence-electron chi connectivity index (χ3n) is 3.75. The fourth-order valence-corrected chi connectivity index (χ4v) is 3.00. The number of fused-ring (bicyclic) bond motifs is 1. The molecule has 126 valence electrons. The van der Waals surface area contributed by atoms with Crippen LogP contribution in [0.5, 0.6) is 0 Å². The van der Waals surface area contributed by atoms with Crippen molar-refractivity contribution in [1.29, 1.82) is 0 Å². The Labute approximate surface area is 150 Å². The number of thioether (sulfide) groups is 1. The van der Waals surface area contributed by atoms with Crippen molar-refractivity contribution < 1.29 is 14.7 Å². The summed E-state index contributed by atoms with van der Waals surface area (Å²) in [6.45, 7) is -0.475.